The number of amides is 1. The van der Waals surface area contributed by atoms with Crippen molar-refractivity contribution in [3.8, 4) is 0 Å². The van der Waals surface area contributed by atoms with Gasteiger partial charge in [-0.3, -0.25) is 4.79 Å². The molecule has 3 N–H and O–H groups in total. The molecule has 3 atom stereocenters. The first-order chi connectivity index (χ1) is 10.3. The van der Waals surface area contributed by atoms with Gasteiger partial charge in [0.15, 0.2) is 0 Å². The zero-order valence-corrected chi connectivity index (χ0v) is 14.5. The van der Waals surface area contributed by atoms with Crippen LogP contribution in [0.1, 0.15) is 32.3 Å². The average molecular weight is 343 g/mol. The van der Waals surface area contributed by atoms with Gasteiger partial charge >= 0.3 is 0 Å². The third-order valence-corrected chi connectivity index (χ3v) is 5.43. The van der Waals surface area contributed by atoms with Gasteiger partial charge in [-0.2, -0.15) is 0 Å². The molecule has 0 spiro atoms. The first-order valence-corrected chi connectivity index (χ1v) is 7.76. The van der Waals surface area contributed by atoms with Gasteiger partial charge in [0.1, 0.15) is 11.4 Å². The molecule has 1 aromatic rings. The van der Waals surface area contributed by atoms with E-state index in [1.54, 1.807) is 12.1 Å². The first-order valence-electron chi connectivity index (χ1n) is 7.76. The molecule has 128 valence electrons. The molecule has 1 saturated heterocycles. The Bertz CT molecular complexity index is 623. The van der Waals surface area contributed by atoms with Gasteiger partial charge in [-0.15, -0.1) is 12.4 Å². The average Bonchev–Trinajstić information content (AvgIpc) is 2.50. The van der Waals surface area contributed by atoms with Gasteiger partial charge in [0.2, 0.25) is 5.91 Å². The summed E-state index contributed by atoms with van der Waals surface area (Å²) < 4.78 is 19.7. The van der Waals surface area contributed by atoms with Gasteiger partial charge in [-0.05, 0) is 37.5 Å². The van der Waals surface area contributed by atoms with Crippen LogP contribution < -0.4 is 11.1 Å². The van der Waals surface area contributed by atoms with E-state index in [4.69, 9.17) is 10.5 Å². The normalized spacial score (nSPS) is 31.3. The van der Waals surface area contributed by atoms with Gasteiger partial charge < -0.3 is 15.8 Å². The standard InChI is InChI=1S/C17H23FN2O2.ClH/c1-10-6-7-12(18)13(9-10)20-15(21)17(19)11-5-4-8-22-14(11)16(17,2)3;/h6-7,9,11,14H,4-5,8,19H2,1-3H3,(H,20,21);1H. The molecule has 1 aliphatic carbocycles. The predicted octanol–water partition coefficient (Wildman–Crippen LogP) is 3.03. The van der Waals surface area contributed by atoms with Crippen molar-refractivity contribution in [2.75, 3.05) is 11.9 Å². The molecule has 3 rings (SSSR count). The molecule has 0 bridgehead atoms. The largest absolute Gasteiger partial charge is 0.377 e. The van der Waals surface area contributed by atoms with Crippen LogP contribution in [0.15, 0.2) is 18.2 Å². The molecule has 1 heterocycles. The molecular weight excluding hydrogens is 319 g/mol. The Hall–Kier alpha value is -1.17. The Balaban J connectivity index is 0.00000192. The molecule has 2 fully saturated rings. The highest BCUT2D eigenvalue weighted by atomic mass is 35.5. The molecule has 1 aromatic carbocycles. The first kappa shape index (κ1) is 18.2. The molecular formula is C17H24ClFN2O2. The van der Waals surface area contributed by atoms with Crippen LogP contribution in [0.3, 0.4) is 0 Å². The third-order valence-electron chi connectivity index (χ3n) is 5.43. The smallest absolute Gasteiger partial charge is 0.245 e. The van der Waals surface area contributed by atoms with Crippen molar-refractivity contribution in [1.29, 1.82) is 0 Å². The van der Waals surface area contributed by atoms with E-state index in [2.05, 4.69) is 5.32 Å². The summed E-state index contributed by atoms with van der Waals surface area (Å²) in [6, 6.07) is 4.64. The fraction of sp³-hybridized carbons (Fsp3) is 0.588. The molecule has 3 unspecified atom stereocenters. The van der Waals surface area contributed by atoms with Gasteiger partial charge in [0, 0.05) is 17.9 Å². The Labute approximate surface area is 142 Å². The lowest BCUT2D eigenvalue weighted by molar-refractivity contribution is -0.222. The van der Waals surface area contributed by atoms with E-state index in [1.165, 1.54) is 6.07 Å². The zero-order chi connectivity index (χ0) is 16.1. The highest BCUT2D eigenvalue weighted by molar-refractivity contribution is 6.00. The van der Waals surface area contributed by atoms with Gasteiger partial charge in [0.05, 0.1) is 11.8 Å². The minimum atomic E-state index is -1.03. The van der Waals surface area contributed by atoms with Crippen LogP contribution in [-0.2, 0) is 9.53 Å². The summed E-state index contributed by atoms with van der Waals surface area (Å²) in [5.41, 5.74) is 6.07. The highest BCUT2D eigenvalue weighted by Crippen LogP contribution is 2.57. The predicted molar refractivity (Wildman–Crippen MR) is 90.2 cm³/mol. The quantitative estimate of drug-likeness (QED) is 0.868. The van der Waals surface area contributed by atoms with Crippen molar-refractivity contribution >= 4 is 24.0 Å². The number of aryl methyl sites for hydroxylation is 1. The summed E-state index contributed by atoms with van der Waals surface area (Å²) in [6.45, 7) is 6.47. The van der Waals surface area contributed by atoms with Crippen molar-refractivity contribution in [2.45, 2.75) is 45.3 Å². The van der Waals surface area contributed by atoms with Crippen molar-refractivity contribution in [2.24, 2.45) is 17.1 Å². The van der Waals surface area contributed by atoms with Crippen LogP contribution >= 0.6 is 12.4 Å². The number of fused-ring (bicyclic) bond motifs is 1. The lowest BCUT2D eigenvalue weighted by Crippen LogP contribution is -2.81. The number of anilines is 1. The van der Waals surface area contributed by atoms with E-state index in [0.717, 1.165) is 25.0 Å². The number of halogens is 2. The number of rotatable bonds is 2. The number of carbonyl (C=O) groups excluding carboxylic acids is 1. The second-order valence-electron chi connectivity index (χ2n) is 7.07. The molecule has 6 heteroatoms. The number of hydrogen-bond donors (Lipinski definition) is 2. The summed E-state index contributed by atoms with van der Waals surface area (Å²) in [5, 5.41) is 2.69. The van der Waals surface area contributed by atoms with E-state index in [1.807, 2.05) is 20.8 Å². The Morgan fingerprint density at radius 1 is 1.43 bits per heavy atom. The highest BCUT2D eigenvalue weighted by Gasteiger charge is 2.70. The van der Waals surface area contributed by atoms with Crippen molar-refractivity contribution < 1.29 is 13.9 Å². The van der Waals surface area contributed by atoms with Gasteiger partial charge in [-0.25, -0.2) is 4.39 Å². The van der Waals surface area contributed by atoms with E-state index < -0.39 is 16.8 Å². The van der Waals surface area contributed by atoms with Gasteiger partial charge in [0.25, 0.3) is 0 Å². The minimum Gasteiger partial charge on any atom is -0.377 e. The van der Waals surface area contributed by atoms with Crippen LogP contribution in [0, 0.1) is 24.1 Å². The summed E-state index contributed by atoms with van der Waals surface area (Å²) in [5.74, 6) is -0.783. The zero-order valence-electron chi connectivity index (χ0n) is 13.7. The fourth-order valence-electron chi connectivity index (χ4n) is 4.00. The number of carbonyl (C=O) groups is 1. The van der Waals surface area contributed by atoms with Crippen molar-refractivity contribution in [3.63, 3.8) is 0 Å². The number of ether oxygens (including phenoxy) is 1. The van der Waals surface area contributed by atoms with Crippen molar-refractivity contribution in [1.82, 2.24) is 0 Å². The topological polar surface area (TPSA) is 64.4 Å². The minimum absolute atomic E-state index is 0. The lowest BCUT2D eigenvalue weighted by Gasteiger charge is -2.65. The number of nitrogens with one attached hydrogen (secondary N) is 1. The third kappa shape index (κ3) is 2.55. The van der Waals surface area contributed by atoms with E-state index >= 15 is 0 Å². The second-order valence-corrected chi connectivity index (χ2v) is 7.07. The van der Waals surface area contributed by atoms with E-state index in [0.29, 0.717) is 0 Å². The lowest BCUT2D eigenvalue weighted by atomic mass is 9.46. The molecule has 0 radical (unpaired) electrons. The molecule has 0 aromatic heterocycles. The maximum Gasteiger partial charge on any atom is 0.245 e. The Kier molecular flexibility index (Phi) is 4.77. The molecule has 1 aliphatic heterocycles. The number of nitrogens with two attached hydrogens (primary N) is 1. The Morgan fingerprint density at radius 3 is 2.83 bits per heavy atom. The van der Waals surface area contributed by atoms with Crippen LogP contribution in [0.4, 0.5) is 10.1 Å². The molecule has 1 saturated carbocycles. The number of hydrogen-bond acceptors (Lipinski definition) is 3. The maximum atomic E-state index is 13.9. The molecule has 23 heavy (non-hydrogen) atoms. The maximum absolute atomic E-state index is 13.9. The molecule has 4 nitrogen and oxygen atoms in total. The molecule has 2 aliphatic rings. The monoisotopic (exact) mass is 342 g/mol. The Morgan fingerprint density at radius 2 is 2.13 bits per heavy atom. The fourth-order valence-corrected chi connectivity index (χ4v) is 4.00. The van der Waals surface area contributed by atoms with E-state index in [-0.39, 0.29) is 36.0 Å². The second kappa shape index (κ2) is 6.04. The van der Waals surface area contributed by atoms with Crippen LogP contribution in [-0.4, -0.2) is 24.2 Å². The summed E-state index contributed by atoms with van der Waals surface area (Å²) >= 11 is 0. The summed E-state index contributed by atoms with van der Waals surface area (Å²) in [4.78, 5) is 12.8. The number of benzene rings is 1. The molecule has 1 amide bonds. The van der Waals surface area contributed by atoms with Crippen LogP contribution in [0.25, 0.3) is 0 Å². The van der Waals surface area contributed by atoms with Crippen molar-refractivity contribution in [3.05, 3.63) is 29.6 Å². The summed E-state index contributed by atoms with van der Waals surface area (Å²) in [7, 11) is 0. The van der Waals surface area contributed by atoms with E-state index in [9.17, 15) is 9.18 Å². The summed E-state index contributed by atoms with van der Waals surface area (Å²) in [6.07, 6.45) is 1.77. The van der Waals surface area contributed by atoms with Gasteiger partial charge in [-0.1, -0.05) is 19.9 Å². The van der Waals surface area contributed by atoms with Crippen LogP contribution in [0.2, 0.25) is 0 Å². The van der Waals surface area contributed by atoms with Crippen LogP contribution in [0.5, 0.6) is 0 Å². The SMILES string of the molecule is Cc1ccc(F)c(NC(=O)C2(N)C3CCCOC3C2(C)C)c1.Cl.